The molecule has 1 nitrogen and oxygen atoms in total. The number of hydrogen-bond donors (Lipinski definition) is 1. The molecule has 0 aliphatic heterocycles. The van der Waals surface area contributed by atoms with Gasteiger partial charge in [-0.3, -0.25) is 0 Å². The molecule has 0 saturated heterocycles. The lowest BCUT2D eigenvalue weighted by Gasteiger charge is -2.16. The van der Waals surface area contributed by atoms with Crippen molar-refractivity contribution in [2.45, 2.75) is 0 Å². The maximum atomic E-state index is 9.68. The van der Waals surface area contributed by atoms with Crippen molar-refractivity contribution in [2.24, 2.45) is 0 Å². The highest BCUT2D eigenvalue weighted by molar-refractivity contribution is 5.94. The Kier molecular flexibility index (Phi) is 4.05. The summed E-state index contributed by atoms with van der Waals surface area (Å²) in [6.45, 7) is 0. The van der Waals surface area contributed by atoms with Crippen molar-refractivity contribution in [3.05, 3.63) is 103 Å². The standard InChI is InChI=1S/C24H18O/c25-21-16-14-20(15-17-21)24-22(18-8-3-1-4-9-18)12-7-13-23(24)19-10-5-2-6-11-19/h1-17,25H. The summed E-state index contributed by atoms with van der Waals surface area (Å²) in [4.78, 5) is 0. The Hall–Kier alpha value is -3.32. The van der Waals surface area contributed by atoms with E-state index in [9.17, 15) is 5.11 Å². The van der Waals surface area contributed by atoms with E-state index in [1.807, 2.05) is 24.3 Å². The first kappa shape index (κ1) is 15.2. The van der Waals surface area contributed by atoms with Crippen LogP contribution in [0.5, 0.6) is 5.75 Å². The van der Waals surface area contributed by atoms with Crippen molar-refractivity contribution in [3.8, 4) is 39.1 Å². The summed E-state index contributed by atoms with van der Waals surface area (Å²) in [5.41, 5.74) is 7.02. The largest absolute Gasteiger partial charge is 0.508 e. The monoisotopic (exact) mass is 322 g/mol. The third kappa shape index (κ3) is 3.05. The Bertz CT molecular complexity index is 914. The summed E-state index contributed by atoms with van der Waals surface area (Å²) in [6, 6.07) is 34.7. The van der Waals surface area contributed by atoms with Crippen molar-refractivity contribution in [1.29, 1.82) is 0 Å². The second-order valence-electron chi connectivity index (χ2n) is 6.01. The van der Waals surface area contributed by atoms with Gasteiger partial charge in [0.05, 0.1) is 0 Å². The van der Waals surface area contributed by atoms with Gasteiger partial charge >= 0.3 is 0 Å². The Balaban J connectivity index is 2.01. The Morgan fingerprint density at radius 2 is 0.880 bits per heavy atom. The molecule has 0 spiro atoms. The molecule has 0 atom stereocenters. The van der Waals surface area contributed by atoms with Crippen molar-refractivity contribution in [2.75, 3.05) is 0 Å². The molecule has 0 heterocycles. The molecule has 0 radical (unpaired) electrons. The zero-order chi connectivity index (χ0) is 17.1. The molecule has 25 heavy (non-hydrogen) atoms. The van der Waals surface area contributed by atoms with E-state index < -0.39 is 0 Å². The molecule has 0 amide bonds. The maximum absolute atomic E-state index is 9.68. The van der Waals surface area contributed by atoms with Crippen LogP contribution < -0.4 is 0 Å². The van der Waals surface area contributed by atoms with Crippen molar-refractivity contribution >= 4 is 0 Å². The van der Waals surface area contributed by atoms with Crippen molar-refractivity contribution < 1.29 is 5.11 Å². The minimum Gasteiger partial charge on any atom is -0.508 e. The molecule has 0 bridgehead atoms. The molecule has 0 aliphatic rings. The summed E-state index contributed by atoms with van der Waals surface area (Å²) < 4.78 is 0. The van der Waals surface area contributed by atoms with Crippen molar-refractivity contribution in [1.82, 2.24) is 0 Å². The topological polar surface area (TPSA) is 20.2 Å². The van der Waals surface area contributed by atoms with Gasteiger partial charge in [-0.15, -0.1) is 0 Å². The lowest BCUT2D eigenvalue weighted by Crippen LogP contribution is -1.90. The number of aromatic hydroxyl groups is 1. The molecular weight excluding hydrogens is 304 g/mol. The normalized spacial score (nSPS) is 10.6. The summed E-state index contributed by atoms with van der Waals surface area (Å²) in [5.74, 6) is 0.280. The Morgan fingerprint density at radius 3 is 1.36 bits per heavy atom. The van der Waals surface area contributed by atoms with Gasteiger partial charge in [0.1, 0.15) is 5.75 Å². The van der Waals surface area contributed by atoms with E-state index >= 15 is 0 Å². The fraction of sp³-hybridized carbons (Fsp3) is 0. The fourth-order valence-electron chi connectivity index (χ4n) is 3.21. The maximum Gasteiger partial charge on any atom is 0.115 e. The number of benzene rings is 4. The lowest BCUT2D eigenvalue weighted by molar-refractivity contribution is 0.475. The average molecular weight is 322 g/mol. The van der Waals surface area contributed by atoms with Crippen LogP contribution in [0, 0.1) is 0 Å². The van der Waals surface area contributed by atoms with Crippen LogP contribution in [0.15, 0.2) is 103 Å². The number of phenolic OH excluding ortho intramolecular Hbond substituents is 1. The number of rotatable bonds is 3. The van der Waals surface area contributed by atoms with Crippen LogP contribution in [-0.2, 0) is 0 Å². The molecule has 4 aromatic rings. The lowest BCUT2D eigenvalue weighted by atomic mass is 9.88. The van der Waals surface area contributed by atoms with Crippen LogP contribution in [0.3, 0.4) is 0 Å². The summed E-state index contributed by atoms with van der Waals surface area (Å²) in [5, 5.41) is 9.68. The van der Waals surface area contributed by atoms with Crippen LogP contribution in [0.25, 0.3) is 33.4 Å². The molecule has 0 saturated carbocycles. The van der Waals surface area contributed by atoms with E-state index in [1.165, 1.54) is 27.8 Å². The first-order valence-electron chi connectivity index (χ1n) is 8.36. The van der Waals surface area contributed by atoms with Gasteiger partial charge in [-0.2, -0.15) is 0 Å². The zero-order valence-corrected chi connectivity index (χ0v) is 13.8. The number of hydrogen-bond acceptors (Lipinski definition) is 1. The van der Waals surface area contributed by atoms with Crippen LogP contribution in [0.1, 0.15) is 0 Å². The van der Waals surface area contributed by atoms with E-state index in [0.29, 0.717) is 0 Å². The van der Waals surface area contributed by atoms with Gasteiger partial charge in [-0.05, 0) is 45.5 Å². The van der Waals surface area contributed by atoms with Gasteiger partial charge in [-0.25, -0.2) is 0 Å². The smallest absolute Gasteiger partial charge is 0.115 e. The molecule has 4 aromatic carbocycles. The molecular formula is C24H18O. The van der Waals surface area contributed by atoms with E-state index in [4.69, 9.17) is 0 Å². The van der Waals surface area contributed by atoms with E-state index in [-0.39, 0.29) is 5.75 Å². The quantitative estimate of drug-likeness (QED) is 0.463. The first-order chi connectivity index (χ1) is 12.3. The van der Waals surface area contributed by atoms with Crippen molar-refractivity contribution in [3.63, 3.8) is 0 Å². The third-order valence-electron chi connectivity index (χ3n) is 4.39. The molecule has 0 aliphatic carbocycles. The van der Waals surface area contributed by atoms with Gasteiger partial charge in [0, 0.05) is 0 Å². The molecule has 1 heteroatoms. The minimum absolute atomic E-state index is 0.280. The molecule has 0 aromatic heterocycles. The van der Waals surface area contributed by atoms with Gasteiger partial charge in [0.25, 0.3) is 0 Å². The van der Waals surface area contributed by atoms with Crippen LogP contribution >= 0.6 is 0 Å². The van der Waals surface area contributed by atoms with Gasteiger partial charge < -0.3 is 5.11 Å². The van der Waals surface area contributed by atoms with E-state index in [2.05, 4.69) is 66.7 Å². The highest BCUT2D eigenvalue weighted by atomic mass is 16.3. The van der Waals surface area contributed by atoms with Crippen LogP contribution in [0.2, 0.25) is 0 Å². The predicted octanol–water partition coefficient (Wildman–Crippen LogP) is 6.39. The van der Waals surface area contributed by atoms with Gasteiger partial charge in [0.2, 0.25) is 0 Å². The average Bonchev–Trinajstić information content (AvgIpc) is 2.69. The zero-order valence-electron chi connectivity index (χ0n) is 13.8. The van der Waals surface area contributed by atoms with Crippen LogP contribution in [0.4, 0.5) is 0 Å². The predicted molar refractivity (Wildman–Crippen MR) is 104 cm³/mol. The fourth-order valence-corrected chi connectivity index (χ4v) is 3.21. The van der Waals surface area contributed by atoms with E-state index in [1.54, 1.807) is 12.1 Å². The molecule has 1 N–H and O–H groups in total. The van der Waals surface area contributed by atoms with Gasteiger partial charge in [0.15, 0.2) is 0 Å². The SMILES string of the molecule is Oc1ccc(-c2c(-c3ccccc3)cccc2-c2ccccc2)cc1. The molecule has 120 valence electrons. The summed E-state index contributed by atoms with van der Waals surface area (Å²) in [7, 11) is 0. The summed E-state index contributed by atoms with van der Waals surface area (Å²) >= 11 is 0. The highest BCUT2D eigenvalue weighted by Gasteiger charge is 2.13. The highest BCUT2D eigenvalue weighted by Crippen LogP contribution is 2.40. The molecule has 0 unspecified atom stereocenters. The minimum atomic E-state index is 0.280. The summed E-state index contributed by atoms with van der Waals surface area (Å²) in [6.07, 6.45) is 0. The Morgan fingerprint density at radius 1 is 0.400 bits per heavy atom. The first-order valence-corrected chi connectivity index (χ1v) is 8.36. The molecule has 0 fully saturated rings. The Labute approximate surface area is 147 Å². The number of phenols is 1. The van der Waals surface area contributed by atoms with Gasteiger partial charge in [-0.1, -0.05) is 91.0 Å². The second-order valence-corrected chi connectivity index (χ2v) is 6.01. The molecule has 4 rings (SSSR count). The third-order valence-corrected chi connectivity index (χ3v) is 4.39. The van der Waals surface area contributed by atoms with Crippen LogP contribution in [-0.4, -0.2) is 5.11 Å². The van der Waals surface area contributed by atoms with E-state index in [0.717, 1.165) is 5.56 Å². The second kappa shape index (κ2) is 6.66.